The molecule has 0 radical (unpaired) electrons. The van der Waals surface area contributed by atoms with E-state index >= 15 is 0 Å². The first-order valence-corrected chi connectivity index (χ1v) is 14.5. The predicted molar refractivity (Wildman–Crippen MR) is 158 cm³/mol. The molecule has 2 aliphatic heterocycles. The number of carbonyl (C=O) groups excluding carboxylic acids is 1. The lowest BCUT2D eigenvalue weighted by Gasteiger charge is -2.32. The number of rotatable bonds is 9. The number of likely N-dealkylation sites (tertiary alicyclic amines) is 2. The van der Waals surface area contributed by atoms with Gasteiger partial charge in [0, 0.05) is 48.8 Å². The van der Waals surface area contributed by atoms with E-state index in [4.69, 9.17) is 4.74 Å². The Morgan fingerprint density at radius 1 is 0.872 bits per heavy atom. The third-order valence-electron chi connectivity index (χ3n) is 8.09. The van der Waals surface area contributed by atoms with Gasteiger partial charge in [-0.3, -0.25) is 9.69 Å². The average molecular weight is 521 g/mol. The number of benzene rings is 3. The highest BCUT2D eigenvalue weighted by molar-refractivity contribution is 5.96. The maximum atomic E-state index is 12.8. The number of ether oxygens (including phenoxy) is 1. The molecule has 5 rings (SSSR count). The minimum absolute atomic E-state index is 0.195. The first-order chi connectivity index (χ1) is 19.1. The summed E-state index contributed by atoms with van der Waals surface area (Å²) in [6, 6.07) is 27.2. The van der Waals surface area contributed by atoms with E-state index in [1.165, 1.54) is 24.9 Å². The second-order valence-corrected chi connectivity index (χ2v) is 11.0. The molecule has 0 N–H and O–H groups in total. The smallest absolute Gasteiger partial charge is 0.163 e. The molecule has 1 unspecified atom stereocenters. The van der Waals surface area contributed by atoms with Gasteiger partial charge < -0.3 is 9.64 Å². The largest absolute Gasteiger partial charge is 0.490 e. The van der Waals surface area contributed by atoms with Crippen molar-refractivity contribution in [1.29, 1.82) is 0 Å². The van der Waals surface area contributed by atoms with Crippen molar-refractivity contribution in [3.63, 3.8) is 0 Å². The fraction of sp³-hybridized carbons (Fsp3) is 0.400. The Kier molecular flexibility index (Phi) is 9.48. The van der Waals surface area contributed by atoms with Crippen molar-refractivity contribution < 1.29 is 9.53 Å². The minimum atomic E-state index is 0.195. The van der Waals surface area contributed by atoms with Crippen molar-refractivity contribution in [1.82, 2.24) is 9.80 Å². The van der Waals surface area contributed by atoms with Gasteiger partial charge >= 0.3 is 0 Å². The van der Waals surface area contributed by atoms with E-state index in [1.807, 2.05) is 54.6 Å². The zero-order chi connectivity index (χ0) is 26.9. The molecule has 4 nitrogen and oxygen atoms in total. The summed E-state index contributed by atoms with van der Waals surface area (Å²) in [6.07, 6.45) is 7.42. The van der Waals surface area contributed by atoms with Gasteiger partial charge in [-0.25, -0.2) is 0 Å². The number of piperidine rings is 1. The first-order valence-electron chi connectivity index (χ1n) is 14.5. The van der Waals surface area contributed by atoms with Crippen LogP contribution in [0.1, 0.15) is 72.0 Å². The van der Waals surface area contributed by atoms with Crippen LogP contribution in [0.5, 0.6) is 5.75 Å². The molecule has 2 saturated heterocycles. The van der Waals surface area contributed by atoms with Gasteiger partial charge in [-0.05, 0) is 94.1 Å². The van der Waals surface area contributed by atoms with E-state index in [2.05, 4.69) is 53.0 Å². The monoisotopic (exact) mass is 520 g/mol. The van der Waals surface area contributed by atoms with Crippen molar-refractivity contribution in [2.24, 2.45) is 0 Å². The van der Waals surface area contributed by atoms with E-state index in [9.17, 15) is 4.79 Å². The summed E-state index contributed by atoms with van der Waals surface area (Å²) in [5, 5.41) is 0. The maximum absolute atomic E-state index is 12.8. The lowest BCUT2D eigenvalue weighted by atomic mass is 10.0. The molecule has 202 valence electrons. The molecule has 3 aromatic carbocycles. The van der Waals surface area contributed by atoms with Crippen LogP contribution in [0, 0.1) is 11.8 Å². The highest BCUT2D eigenvalue weighted by atomic mass is 16.5. The van der Waals surface area contributed by atoms with Gasteiger partial charge in [-0.2, -0.15) is 0 Å². The summed E-state index contributed by atoms with van der Waals surface area (Å²) < 4.78 is 6.32. The summed E-state index contributed by atoms with van der Waals surface area (Å²) in [4.78, 5) is 17.7. The molecule has 2 fully saturated rings. The van der Waals surface area contributed by atoms with E-state index in [0.29, 0.717) is 12.5 Å². The molecule has 39 heavy (non-hydrogen) atoms. The normalized spacial score (nSPS) is 18.4. The number of hydrogen-bond acceptors (Lipinski definition) is 4. The third-order valence-corrected chi connectivity index (χ3v) is 8.09. The van der Waals surface area contributed by atoms with Gasteiger partial charge in [0.15, 0.2) is 5.78 Å². The van der Waals surface area contributed by atoms with Crippen LogP contribution in [0.15, 0.2) is 78.9 Å². The van der Waals surface area contributed by atoms with Crippen LogP contribution in [0.25, 0.3) is 0 Å². The van der Waals surface area contributed by atoms with Crippen molar-refractivity contribution in [3.8, 4) is 17.6 Å². The molecule has 0 aromatic heterocycles. The average Bonchev–Trinajstić information content (AvgIpc) is 3.38. The number of ketones is 1. The van der Waals surface area contributed by atoms with Crippen LogP contribution in [0.3, 0.4) is 0 Å². The Labute approximate surface area is 234 Å². The molecular formula is C35H40N2O2. The van der Waals surface area contributed by atoms with Crippen LogP contribution in [-0.4, -0.2) is 54.4 Å². The van der Waals surface area contributed by atoms with Crippen molar-refractivity contribution in [2.75, 3.05) is 26.7 Å². The van der Waals surface area contributed by atoms with Gasteiger partial charge in [-0.15, -0.1) is 0 Å². The fourth-order valence-corrected chi connectivity index (χ4v) is 5.72. The third kappa shape index (κ3) is 8.05. The SMILES string of the molecule is CN1CCCC1CCCC(=O)c1cccc(OC2CCN(Cc3ccc(C#Cc4ccccc4)cc3)CC2)c1. The molecule has 1 atom stereocenters. The molecule has 0 bridgehead atoms. The number of carbonyl (C=O) groups is 1. The van der Waals surface area contributed by atoms with Crippen LogP contribution < -0.4 is 4.74 Å². The van der Waals surface area contributed by atoms with Crippen LogP contribution in [-0.2, 0) is 6.54 Å². The Morgan fingerprint density at radius 2 is 1.62 bits per heavy atom. The maximum Gasteiger partial charge on any atom is 0.163 e. The molecule has 0 amide bonds. The quantitative estimate of drug-likeness (QED) is 0.236. The Balaban J connectivity index is 1.05. The zero-order valence-electron chi connectivity index (χ0n) is 23.1. The minimum Gasteiger partial charge on any atom is -0.490 e. The van der Waals surface area contributed by atoms with Crippen LogP contribution in [0.2, 0.25) is 0 Å². The topological polar surface area (TPSA) is 32.8 Å². The highest BCUT2D eigenvalue weighted by Gasteiger charge is 2.22. The Hall–Kier alpha value is -3.39. The van der Waals surface area contributed by atoms with Crippen LogP contribution in [0.4, 0.5) is 0 Å². The molecule has 2 aliphatic rings. The second kappa shape index (κ2) is 13.6. The molecular weight excluding hydrogens is 480 g/mol. The van der Waals surface area contributed by atoms with Crippen LogP contribution >= 0.6 is 0 Å². The van der Waals surface area contributed by atoms with Crippen molar-refractivity contribution in [2.45, 2.75) is 63.6 Å². The molecule has 2 heterocycles. The van der Waals surface area contributed by atoms with Gasteiger partial charge in [0.1, 0.15) is 11.9 Å². The van der Waals surface area contributed by atoms with E-state index in [-0.39, 0.29) is 11.9 Å². The summed E-state index contributed by atoms with van der Waals surface area (Å²) in [5.74, 6) is 7.52. The highest BCUT2D eigenvalue weighted by Crippen LogP contribution is 2.24. The number of hydrogen-bond donors (Lipinski definition) is 0. The first kappa shape index (κ1) is 27.2. The van der Waals surface area contributed by atoms with Crippen molar-refractivity contribution in [3.05, 3.63) is 101 Å². The zero-order valence-corrected chi connectivity index (χ0v) is 23.1. The van der Waals surface area contributed by atoms with E-state index in [0.717, 1.165) is 67.8 Å². The van der Waals surface area contributed by atoms with Crippen molar-refractivity contribution >= 4 is 5.78 Å². The van der Waals surface area contributed by atoms with Gasteiger partial charge in [-0.1, -0.05) is 54.3 Å². The lowest BCUT2D eigenvalue weighted by Crippen LogP contribution is -2.37. The molecule has 3 aromatic rings. The second-order valence-electron chi connectivity index (χ2n) is 11.0. The molecule has 0 aliphatic carbocycles. The van der Waals surface area contributed by atoms with E-state index in [1.54, 1.807) is 0 Å². The molecule has 0 spiro atoms. The Morgan fingerprint density at radius 3 is 2.33 bits per heavy atom. The summed E-state index contributed by atoms with van der Waals surface area (Å²) in [5.41, 5.74) is 4.16. The molecule has 4 heteroatoms. The van der Waals surface area contributed by atoms with Gasteiger partial charge in [0.05, 0.1) is 0 Å². The summed E-state index contributed by atoms with van der Waals surface area (Å²) in [7, 11) is 2.20. The van der Waals surface area contributed by atoms with Gasteiger partial charge in [0.25, 0.3) is 0 Å². The predicted octanol–water partition coefficient (Wildman–Crippen LogP) is 6.58. The lowest BCUT2D eigenvalue weighted by molar-refractivity contribution is 0.0949. The number of Topliss-reactive ketones (excluding diaryl/α,β-unsaturated/α-hetero) is 1. The standard InChI is InChI=1S/C35H40N2O2/c1-36-23-7-12-32(36)11-6-14-35(38)31-10-5-13-34(26-31)39-33-21-24-37(25-22-33)27-30-19-17-29(18-20-30)16-15-28-8-3-2-4-9-28/h2-5,8-10,13,17-20,26,32-33H,6-7,11-12,14,21-25,27H2,1H3. The van der Waals surface area contributed by atoms with E-state index < -0.39 is 0 Å². The summed E-state index contributed by atoms with van der Waals surface area (Å²) >= 11 is 0. The summed E-state index contributed by atoms with van der Waals surface area (Å²) in [6.45, 7) is 4.15. The van der Waals surface area contributed by atoms with Gasteiger partial charge in [0.2, 0.25) is 0 Å². The fourth-order valence-electron chi connectivity index (χ4n) is 5.72. The Bertz CT molecular complexity index is 1270. The number of nitrogens with zero attached hydrogens (tertiary/aromatic N) is 2. The molecule has 0 saturated carbocycles.